The van der Waals surface area contributed by atoms with E-state index in [0.29, 0.717) is 29.3 Å². The molecule has 6 rings (SSSR count). The van der Waals surface area contributed by atoms with Crippen LogP contribution in [0.5, 0.6) is 0 Å². The third kappa shape index (κ3) is 3.67. The maximum atomic E-state index is 11.6. The van der Waals surface area contributed by atoms with Gasteiger partial charge < -0.3 is 10.2 Å². The number of aliphatic hydroxyl groups is 2. The number of hydrogen-bond donors (Lipinski definition) is 2. The Morgan fingerprint density at radius 1 is 0.667 bits per heavy atom. The summed E-state index contributed by atoms with van der Waals surface area (Å²) in [4.78, 5) is 5.33. The van der Waals surface area contributed by atoms with Crippen LogP contribution in [0.2, 0.25) is 0 Å². The molecule has 4 saturated carbocycles. The molecule has 4 heteroatoms. The molecule has 0 bridgehead atoms. The molecule has 10 atom stereocenters. The minimum atomic E-state index is -0.138. The Balaban J connectivity index is 1.24. The Morgan fingerprint density at radius 2 is 1.30 bits per heavy atom. The molecule has 0 aromatic carbocycles. The summed E-state index contributed by atoms with van der Waals surface area (Å²) in [5.41, 5.74) is 0.493. The lowest BCUT2D eigenvalue weighted by molar-refractivity contribution is -0.154. The summed E-state index contributed by atoms with van der Waals surface area (Å²) < 4.78 is 0. The van der Waals surface area contributed by atoms with Crippen LogP contribution in [-0.4, -0.2) is 70.5 Å². The highest BCUT2D eigenvalue weighted by atomic mass is 16.3. The van der Waals surface area contributed by atoms with E-state index in [1.165, 1.54) is 103 Å². The van der Waals surface area contributed by atoms with Gasteiger partial charge in [-0.2, -0.15) is 0 Å². The number of nitrogens with zero attached hydrogens (tertiary/aromatic N) is 2. The Morgan fingerprint density at radius 3 is 1.97 bits per heavy atom. The van der Waals surface area contributed by atoms with Crippen LogP contribution in [0.1, 0.15) is 97.3 Å². The van der Waals surface area contributed by atoms with Crippen molar-refractivity contribution in [3.8, 4) is 0 Å². The quantitative estimate of drug-likeness (QED) is 0.631. The van der Waals surface area contributed by atoms with Crippen LogP contribution in [-0.2, 0) is 0 Å². The fourth-order valence-electron chi connectivity index (χ4n) is 10.5. The maximum absolute atomic E-state index is 11.6. The number of fused-ring (bicyclic) bond motifs is 5. The first-order chi connectivity index (χ1) is 15.9. The van der Waals surface area contributed by atoms with Crippen molar-refractivity contribution in [2.24, 2.45) is 34.5 Å². The number of rotatable bonds is 2. The molecule has 6 aliphatic rings. The molecule has 0 spiro atoms. The summed E-state index contributed by atoms with van der Waals surface area (Å²) in [6, 6.07) is 0.785. The van der Waals surface area contributed by atoms with Crippen LogP contribution < -0.4 is 0 Å². The van der Waals surface area contributed by atoms with Gasteiger partial charge in [-0.25, -0.2) is 0 Å². The van der Waals surface area contributed by atoms with Gasteiger partial charge in [-0.15, -0.1) is 0 Å². The summed E-state index contributed by atoms with van der Waals surface area (Å²) >= 11 is 0. The minimum absolute atomic E-state index is 0.118. The predicted octanol–water partition coefficient (Wildman–Crippen LogP) is 4.68. The van der Waals surface area contributed by atoms with Crippen LogP contribution in [0.15, 0.2) is 0 Å². The first kappa shape index (κ1) is 23.3. The summed E-state index contributed by atoms with van der Waals surface area (Å²) in [6.07, 6.45) is 16.4. The summed E-state index contributed by atoms with van der Waals surface area (Å²) in [5.74, 6) is 2.97. The van der Waals surface area contributed by atoms with Gasteiger partial charge in [0.2, 0.25) is 0 Å². The zero-order valence-corrected chi connectivity index (χ0v) is 21.4. The molecular weight excluding hydrogens is 408 g/mol. The highest BCUT2D eigenvalue weighted by Gasteiger charge is 2.63. The van der Waals surface area contributed by atoms with Crippen molar-refractivity contribution in [2.45, 2.75) is 122 Å². The molecule has 4 nitrogen and oxygen atoms in total. The lowest BCUT2D eigenvalue weighted by atomic mass is 9.44. The standard InChI is InChI=1S/C29H50N2O2/c1-28-12-11-22-21(23(28)18-24(27(28)33)30-13-5-3-6-14-30)10-9-20-17-26(32)25(19-29(20,22)2)31-15-7-4-8-16-31/h20-27,32-33H,3-19H2,1-2H3/t20-,21+,22-,23-,24+,25-,26+,27+,28-,29-/m0/s1. The lowest BCUT2D eigenvalue weighted by Crippen LogP contribution is -2.60. The van der Waals surface area contributed by atoms with E-state index < -0.39 is 0 Å². The van der Waals surface area contributed by atoms with Crippen LogP contribution in [0.3, 0.4) is 0 Å². The topological polar surface area (TPSA) is 46.9 Å². The molecular formula is C29H50N2O2. The van der Waals surface area contributed by atoms with Crippen molar-refractivity contribution in [1.29, 1.82) is 0 Å². The number of aliphatic hydroxyl groups excluding tert-OH is 2. The van der Waals surface area contributed by atoms with Crippen molar-refractivity contribution in [1.82, 2.24) is 9.80 Å². The molecule has 0 unspecified atom stereocenters. The summed E-state index contributed by atoms with van der Waals surface area (Å²) in [7, 11) is 0. The fourth-order valence-corrected chi connectivity index (χ4v) is 10.5. The van der Waals surface area contributed by atoms with Gasteiger partial charge in [0.1, 0.15) is 0 Å². The van der Waals surface area contributed by atoms with E-state index in [1.54, 1.807) is 0 Å². The second-order valence-electron chi connectivity index (χ2n) is 13.7. The molecule has 2 heterocycles. The zero-order chi connectivity index (χ0) is 22.8. The van der Waals surface area contributed by atoms with E-state index in [1.807, 2.05) is 0 Å². The van der Waals surface area contributed by atoms with Crippen LogP contribution >= 0.6 is 0 Å². The van der Waals surface area contributed by atoms with Crippen molar-refractivity contribution >= 4 is 0 Å². The molecule has 188 valence electrons. The lowest BCUT2D eigenvalue weighted by Gasteiger charge is -2.62. The van der Waals surface area contributed by atoms with E-state index in [9.17, 15) is 10.2 Å². The van der Waals surface area contributed by atoms with Crippen molar-refractivity contribution in [3.05, 3.63) is 0 Å². The van der Waals surface area contributed by atoms with Gasteiger partial charge in [0, 0.05) is 12.1 Å². The Hall–Kier alpha value is -0.160. The molecule has 0 amide bonds. The van der Waals surface area contributed by atoms with E-state index in [-0.39, 0.29) is 17.6 Å². The normalized spacial score (nSPS) is 53.8. The predicted molar refractivity (Wildman–Crippen MR) is 133 cm³/mol. The SMILES string of the molecule is C[C@]12C[C@H](N3CCCCC3)[C@H](O)C[C@@H]1CC[C@@H]1[C@@H]2CC[C@]2(C)[C@H](O)[C@H](N3CCCCC3)C[C@@H]12. The van der Waals surface area contributed by atoms with Crippen LogP contribution in [0.4, 0.5) is 0 Å². The molecule has 2 saturated heterocycles. The van der Waals surface area contributed by atoms with Gasteiger partial charge in [-0.1, -0.05) is 26.7 Å². The van der Waals surface area contributed by atoms with Crippen molar-refractivity contribution in [3.63, 3.8) is 0 Å². The first-order valence-corrected chi connectivity index (χ1v) is 14.8. The number of hydrogen-bond acceptors (Lipinski definition) is 4. The molecule has 4 aliphatic carbocycles. The van der Waals surface area contributed by atoms with E-state index in [0.717, 1.165) is 18.3 Å². The summed E-state index contributed by atoms with van der Waals surface area (Å²) in [6.45, 7) is 9.88. The second-order valence-corrected chi connectivity index (χ2v) is 13.7. The molecule has 33 heavy (non-hydrogen) atoms. The minimum Gasteiger partial charge on any atom is -0.391 e. The third-order valence-electron chi connectivity index (χ3n) is 12.4. The molecule has 2 aliphatic heterocycles. The highest BCUT2D eigenvalue weighted by molar-refractivity contribution is 5.14. The van der Waals surface area contributed by atoms with Gasteiger partial charge in [0.25, 0.3) is 0 Å². The molecule has 2 N–H and O–H groups in total. The fraction of sp³-hybridized carbons (Fsp3) is 1.00. The highest BCUT2D eigenvalue weighted by Crippen LogP contribution is 2.66. The second kappa shape index (κ2) is 8.75. The Kier molecular flexibility index (Phi) is 6.16. The molecule has 0 aromatic rings. The average molecular weight is 459 g/mol. The smallest absolute Gasteiger partial charge is 0.0751 e. The van der Waals surface area contributed by atoms with Crippen LogP contribution in [0, 0.1) is 34.5 Å². The first-order valence-electron chi connectivity index (χ1n) is 14.8. The maximum Gasteiger partial charge on any atom is 0.0751 e. The molecule has 6 fully saturated rings. The van der Waals surface area contributed by atoms with Crippen molar-refractivity contribution < 1.29 is 10.2 Å². The van der Waals surface area contributed by atoms with E-state index in [4.69, 9.17) is 0 Å². The Labute approximate surface area is 202 Å². The van der Waals surface area contributed by atoms with E-state index in [2.05, 4.69) is 23.6 Å². The largest absolute Gasteiger partial charge is 0.391 e. The molecule has 0 aromatic heterocycles. The van der Waals surface area contributed by atoms with Gasteiger partial charge in [-0.05, 0) is 131 Å². The van der Waals surface area contributed by atoms with Gasteiger partial charge >= 0.3 is 0 Å². The average Bonchev–Trinajstić information content (AvgIpc) is 3.11. The van der Waals surface area contributed by atoms with Crippen LogP contribution in [0.25, 0.3) is 0 Å². The zero-order valence-electron chi connectivity index (χ0n) is 21.4. The third-order valence-corrected chi connectivity index (χ3v) is 12.4. The Bertz CT molecular complexity index is 704. The number of likely N-dealkylation sites (tertiary alicyclic amines) is 2. The monoisotopic (exact) mass is 458 g/mol. The number of piperidine rings is 2. The van der Waals surface area contributed by atoms with E-state index >= 15 is 0 Å². The summed E-state index contributed by atoms with van der Waals surface area (Å²) in [5, 5.41) is 22.8. The van der Waals surface area contributed by atoms with Crippen molar-refractivity contribution in [2.75, 3.05) is 26.2 Å². The molecule has 0 radical (unpaired) electrons. The van der Waals surface area contributed by atoms with Gasteiger partial charge in [0.05, 0.1) is 12.2 Å². The van der Waals surface area contributed by atoms with Gasteiger partial charge in [-0.3, -0.25) is 9.80 Å². The van der Waals surface area contributed by atoms with Gasteiger partial charge in [0.15, 0.2) is 0 Å².